The molecule has 0 saturated carbocycles. The standard InChI is InChI=1S/C18H41P/c1-5-9-11-13-17-19(15-7-3,16-8-4)18-14-12-10-6-2/h19H,5-18H2,1-4H3. The number of unbranched alkanes of at least 4 members (excludes halogenated alkanes) is 6. The number of hydrogen-bond donors (Lipinski definition) is 0. The molecule has 0 aliphatic heterocycles. The Morgan fingerprint density at radius 2 is 0.842 bits per heavy atom. The topological polar surface area (TPSA) is 0 Å². The molecule has 0 nitrogen and oxygen atoms in total. The van der Waals surface area contributed by atoms with Crippen LogP contribution in [0.1, 0.15) is 91.9 Å². The average Bonchev–Trinajstić information content (AvgIpc) is 2.41. The molecule has 118 valence electrons. The van der Waals surface area contributed by atoms with Crippen LogP contribution in [0, 0.1) is 0 Å². The maximum absolute atomic E-state index is 2.41. The van der Waals surface area contributed by atoms with Gasteiger partial charge in [0, 0.05) is 0 Å². The van der Waals surface area contributed by atoms with Crippen LogP contribution in [-0.2, 0) is 0 Å². The quantitative estimate of drug-likeness (QED) is 0.246. The SMILES string of the molecule is CCCCCC[PH](CCC)(CCC)CCCCCC. The zero-order valence-corrected chi connectivity index (χ0v) is 15.4. The van der Waals surface area contributed by atoms with Gasteiger partial charge in [0.05, 0.1) is 0 Å². The first kappa shape index (κ1) is 19.4. The van der Waals surface area contributed by atoms with E-state index in [1.807, 2.05) is 0 Å². The molecule has 0 N–H and O–H groups in total. The summed E-state index contributed by atoms with van der Waals surface area (Å²) in [7, 11) is -0.896. The summed E-state index contributed by atoms with van der Waals surface area (Å²) in [6, 6.07) is 0. The van der Waals surface area contributed by atoms with Crippen LogP contribution in [0.15, 0.2) is 0 Å². The third-order valence-corrected chi connectivity index (χ3v) is 10.6. The van der Waals surface area contributed by atoms with E-state index < -0.39 is 7.26 Å². The minimum absolute atomic E-state index is 0.896. The van der Waals surface area contributed by atoms with E-state index in [1.54, 1.807) is 24.6 Å². The van der Waals surface area contributed by atoms with Crippen molar-refractivity contribution < 1.29 is 0 Å². The molecule has 0 fully saturated rings. The Hall–Kier alpha value is 0.430. The zero-order valence-electron chi connectivity index (χ0n) is 14.4. The first-order chi connectivity index (χ1) is 9.24. The predicted octanol–water partition coefficient (Wildman–Crippen LogP) is 6.72. The second-order valence-electron chi connectivity index (χ2n) is 6.62. The molecular weight excluding hydrogens is 247 g/mol. The fourth-order valence-electron chi connectivity index (χ4n) is 3.66. The summed E-state index contributed by atoms with van der Waals surface area (Å²) < 4.78 is 0. The van der Waals surface area contributed by atoms with E-state index in [4.69, 9.17) is 0 Å². The van der Waals surface area contributed by atoms with Gasteiger partial charge in [-0.2, -0.15) is 0 Å². The fraction of sp³-hybridized carbons (Fsp3) is 1.00. The van der Waals surface area contributed by atoms with Crippen LogP contribution in [0.5, 0.6) is 0 Å². The van der Waals surface area contributed by atoms with Gasteiger partial charge in [-0.05, 0) is 0 Å². The van der Waals surface area contributed by atoms with Gasteiger partial charge >= 0.3 is 124 Å². The van der Waals surface area contributed by atoms with Crippen molar-refractivity contribution in [2.24, 2.45) is 0 Å². The molecule has 0 aliphatic rings. The molecule has 0 unspecified atom stereocenters. The van der Waals surface area contributed by atoms with Gasteiger partial charge in [-0.1, -0.05) is 0 Å². The molecule has 0 radical (unpaired) electrons. The summed E-state index contributed by atoms with van der Waals surface area (Å²) in [4.78, 5) is 0. The molecule has 0 amide bonds. The Labute approximate surface area is 124 Å². The Kier molecular flexibility index (Phi) is 13.7. The predicted molar refractivity (Wildman–Crippen MR) is 96.6 cm³/mol. The van der Waals surface area contributed by atoms with Crippen LogP contribution in [0.4, 0.5) is 0 Å². The van der Waals surface area contributed by atoms with E-state index in [2.05, 4.69) is 27.7 Å². The summed E-state index contributed by atoms with van der Waals surface area (Å²) in [6.45, 7) is 9.48. The van der Waals surface area contributed by atoms with Crippen LogP contribution in [0.3, 0.4) is 0 Å². The molecule has 0 aromatic carbocycles. The van der Waals surface area contributed by atoms with Crippen molar-refractivity contribution >= 4 is 7.26 Å². The van der Waals surface area contributed by atoms with E-state index in [9.17, 15) is 0 Å². The van der Waals surface area contributed by atoms with E-state index in [1.165, 1.54) is 64.2 Å². The van der Waals surface area contributed by atoms with Crippen LogP contribution in [-0.4, -0.2) is 24.6 Å². The molecule has 0 saturated heterocycles. The van der Waals surface area contributed by atoms with Gasteiger partial charge in [-0.3, -0.25) is 0 Å². The maximum atomic E-state index is 2.41. The van der Waals surface area contributed by atoms with Gasteiger partial charge in [0.15, 0.2) is 0 Å². The first-order valence-corrected chi connectivity index (χ1v) is 12.1. The molecule has 1 heteroatoms. The minimum atomic E-state index is -0.896. The van der Waals surface area contributed by atoms with Crippen molar-refractivity contribution in [2.75, 3.05) is 24.6 Å². The third kappa shape index (κ3) is 9.89. The van der Waals surface area contributed by atoms with E-state index >= 15 is 0 Å². The van der Waals surface area contributed by atoms with Gasteiger partial charge in [-0.15, -0.1) is 0 Å². The molecule has 0 aliphatic carbocycles. The molecule has 0 atom stereocenters. The Morgan fingerprint density at radius 1 is 0.421 bits per heavy atom. The zero-order chi connectivity index (χ0) is 14.4. The van der Waals surface area contributed by atoms with Gasteiger partial charge in [-0.25, -0.2) is 0 Å². The van der Waals surface area contributed by atoms with Crippen LogP contribution >= 0.6 is 7.26 Å². The van der Waals surface area contributed by atoms with Crippen molar-refractivity contribution in [1.29, 1.82) is 0 Å². The molecule has 0 aromatic heterocycles. The van der Waals surface area contributed by atoms with Crippen LogP contribution in [0.2, 0.25) is 0 Å². The summed E-state index contributed by atoms with van der Waals surface area (Å²) in [5.74, 6) is 0. The van der Waals surface area contributed by atoms with Crippen molar-refractivity contribution in [2.45, 2.75) is 91.9 Å². The first-order valence-electron chi connectivity index (χ1n) is 9.24. The Morgan fingerprint density at radius 3 is 1.16 bits per heavy atom. The molecule has 0 spiro atoms. The second-order valence-corrected chi connectivity index (χ2v) is 11.6. The van der Waals surface area contributed by atoms with Crippen molar-refractivity contribution in [3.05, 3.63) is 0 Å². The molecular formula is C18H41P. The van der Waals surface area contributed by atoms with E-state index in [0.29, 0.717) is 0 Å². The van der Waals surface area contributed by atoms with Gasteiger partial charge in [0.25, 0.3) is 0 Å². The van der Waals surface area contributed by atoms with E-state index in [-0.39, 0.29) is 0 Å². The van der Waals surface area contributed by atoms with Gasteiger partial charge in [0.1, 0.15) is 0 Å². The van der Waals surface area contributed by atoms with Crippen LogP contribution < -0.4 is 0 Å². The average molecular weight is 288 g/mol. The van der Waals surface area contributed by atoms with Crippen molar-refractivity contribution in [3.63, 3.8) is 0 Å². The third-order valence-electron chi connectivity index (χ3n) is 4.68. The summed E-state index contributed by atoms with van der Waals surface area (Å²) in [6.07, 6.45) is 21.1. The monoisotopic (exact) mass is 288 g/mol. The number of hydrogen-bond acceptors (Lipinski definition) is 0. The molecule has 0 aromatic rings. The molecule has 19 heavy (non-hydrogen) atoms. The normalized spacial score (nSPS) is 12.8. The van der Waals surface area contributed by atoms with Crippen LogP contribution in [0.25, 0.3) is 0 Å². The van der Waals surface area contributed by atoms with E-state index in [0.717, 1.165) is 0 Å². The van der Waals surface area contributed by atoms with Crippen molar-refractivity contribution in [3.8, 4) is 0 Å². The molecule has 0 rings (SSSR count). The van der Waals surface area contributed by atoms with Crippen molar-refractivity contribution in [1.82, 2.24) is 0 Å². The number of rotatable bonds is 14. The van der Waals surface area contributed by atoms with Gasteiger partial charge < -0.3 is 0 Å². The Bertz CT molecular complexity index is 157. The summed E-state index contributed by atoms with van der Waals surface area (Å²) in [5.41, 5.74) is 0. The fourth-order valence-corrected chi connectivity index (χ4v) is 9.29. The summed E-state index contributed by atoms with van der Waals surface area (Å²) in [5, 5.41) is 0. The Balaban J connectivity index is 4.22. The summed E-state index contributed by atoms with van der Waals surface area (Å²) >= 11 is 0. The van der Waals surface area contributed by atoms with Gasteiger partial charge in [0.2, 0.25) is 0 Å². The molecule has 0 heterocycles. The molecule has 0 bridgehead atoms. The second kappa shape index (κ2) is 13.4.